The van der Waals surface area contributed by atoms with Crippen molar-refractivity contribution >= 4 is 26.7 Å². The number of pyridine rings is 1. The first-order valence-electron chi connectivity index (χ1n) is 6.12. The van der Waals surface area contributed by atoms with Gasteiger partial charge in [-0.2, -0.15) is 0 Å². The number of hydrogen-bond acceptors (Lipinski definition) is 2. The van der Waals surface area contributed by atoms with Gasteiger partial charge in [-0.1, -0.05) is 40.2 Å². The Morgan fingerprint density at radius 2 is 1.85 bits per heavy atom. The van der Waals surface area contributed by atoms with E-state index in [4.69, 9.17) is 0 Å². The maximum Gasteiger partial charge on any atom is 0.129 e. The van der Waals surface area contributed by atoms with Crippen LogP contribution in [0.5, 0.6) is 0 Å². The van der Waals surface area contributed by atoms with Crippen molar-refractivity contribution in [3.05, 3.63) is 76.3 Å². The maximum absolute atomic E-state index is 13.9. The molecule has 3 aromatic rings. The average molecular weight is 332 g/mol. The Morgan fingerprint density at radius 1 is 1.05 bits per heavy atom. The third-order valence-corrected chi connectivity index (χ3v) is 3.74. The summed E-state index contributed by atoms with van der Waals surface area (Å²) in [6.45, 7) is 0. The van der Waals surface area contributed by atoms with E-state index in [0.717, 1.165) is 15.2 Å². The lowest BCUT2D eigenvalue weighted by Gasteiger charge is -2.14. The summed E-state index contributed by atoms with van der Waals surface area (Å²) in [6.07, 6.45) is 2.25. The van der Waals surface area contributed by atoms with E-state index in [1.54, 1.807) is 24.5 Å². The van der Waals surface area contributed by atoms with Crippen LogP contribution >= 0.6 is 15.9 Å². The molecule has 0 aliphatic carbocycles. The van der Waals surface area contributed by atoms with Gasteiger partial charge in [0.2, 0.25) is 0 Å². The van der Waals surface area contributed by atoms with Crippen LogP contribution in [-0.2, 0) is 0 Å². The van der Waals surface area contributed by atoms with Crippen LogP contribution in [0.1, 0.15) is 17.2 Å². The van der Waals surface area contributed by atoms with Gasteiger partial charge in [-0.25, -0.2) is 4.39 Å². The van der Waals surface area contributed by atoms with E-state index in [0.29, 0.717) is 5.56 Å². The van der Waals surface area contributed by atoms with Gasteiger partial charge in [0.1, 0.15) is 11.9 Å². The van der Waals surface area contributed by atoms with Crippen LogP contribution in [0.15, 0.2) is 59.3 Å². The van der Waals surface area contributed by atoms with E-state index in [2.05, 4.69) is 20.9 Å². The molecule has 1 atom stereocenters. The number of fused-ring (bicyclic) bond motifs is 1. The molecule has 0 aliphatic heterocycles. The highest BCUT2D eigenvalue weighted by molar-refractivity contribution is 9.10. The highest BCUT2D eigenvalue weighted by Crippen LogP contribution is 2.30. The fraction of sp³-hybridized carbons (Fsp3) is 0.0625. The zero-order chi connectivity index (χ0) is 14.1. The van der Waals surface area contributed by atoms with Crippen LogP contribution in [0.2, 0.25) is 0 Å². The second kappa shape index (κ2) is 5.31. The van der Waals surface area contributed by atoms with Gasteiger partial charge in [-0.3, -0.25) is 4.98 Å². The van der Waals surface area contributed by atoms with Gasteiger partial charge >= 0.3 is 0 Å². The predicted octanol–water partition coefficient (Wildman–Crippen LogP) is 4.22. The number of hydrogen-bond donors (Lipinski definition) is 1. The van der Waals surface area contributed by atoms with Crippen molar-refractivity contribution in [1.82, 2.24) is 4.98 Å². The Kier molecular flexibility index (Phi) is 3.51. The van der Waals surface area contributed by atoms with Gasteiger partial charge < -0.3 is 5.11 Å². The predicted molar refractivity (Wildman–Crippen MR) is 79.9 cm³/mol. The number of nitrogens with zero attached hydrogens (tertiary/aromatic N) is 1. The first kappa shape index (κ1) is 13.2. The largest absolute Gasteiger partial charge is 0.383 e. The fourth-order valence-corrected chi connectivity index (χ4v) is 2.63. The van der Waals surface area contributed by atoms with E-state index >= 15 is 0 Å². The zero-order valence-corrected chi connectivity index (χ0v) is 12.0. The first-order valence-corrected chi connectivity index (χ1v) is 6.92. The molecule has 0 fully saturated rings. The SMILES string of the molecule is OC(c1cc(Br)ccc1F)c1cncc2ccccc12. The maximum atomic E-state index is 13.9. The molecule has 1 unspecified atom stereocenters. The Morgan fingerprint density at radius 3 is 2.70 bits per heavy atom. The molecule has 20 heavy (non-hydrogen) atoms. The average Bonchev–Trinajstić information content (AvgIpc) is 2.48. The lowest BCUT2D eigenvalue weighted by Crippen LogP contribution is -2.04. The summed E-state index contributed by atoms with van der Waals surface area (Å²) in [6, 6.07) is 12.1. The van der Waals surface area contributed by atoms with Crippen molar-refractivity contribution in [2.45, 2.75) is 6.10 Å². The van der Waals surface area contributed by atoms with E-state index in [9.17, 15) is 9.50 Å². The van der Waals surface area contributed by atoms with Crippen LogP contribution < -0.4 is 0 Å². The lowest BCUT2D eigenvalue weighted by atomic mass is 9.98. The number of benzene rings is 2. The van der Waals surface area contributed by atoms with Crippen molar-refractivity contribution < 1.29 is 9.50 Å². The second-order valence-corrected chi connectivity index (χ2v) is 5.43. The van der Waals surface area contributed by atoms with Gasteiger partial charge in [-0.15, -0.1) is 0 Å². The summed E-state index contributed by atoms with van der Waals surface area (Å²) in [5, 5.41) is 12.3. The topological polar surface area (TPSA) is 33.1 Å². The van der Waals surface area contributed by atoms with Crippen LogP contribution in [-0.4, -0.2) is 10.1 Å². The van der Waals surface area contributed by atoms with Gasteiger partial charge in [0.15, 0.2) is 0 Å². The van der Waals surface area contributed by atoms with Crippen LogP contribution in [0.25, 0.3) is 10.8 Å². The van der Waals surface area contributed by atoms with Gasteiger partial charge in [-0.05, 0) is 23.6 Å². The molecule has 0 saturated heterocycles. The lowest BCUT2D eigenvalue weighted by molar-refractivity contribution is 0.216. The third-order valence-electron chi connectivity index (χ3n) is 3.25. The Labute approximate surface area is 124 Å². The molecular formula is C16H11BrFNO. The molecule has 1 heterocycles. The van der Waals surface area contributed by atoms with Crippen molar-refractivity contribution in [3.8, 4) is 0 Å². The van der Waals surface area contributed by atoms with Crippen LogP contribution in [0, 0.1) is 5.82 Å². The number of aliphatic hydroxyl groups excluding tert-OH is 1. The van der Waals surface area contributed by atoms with E-state index in [1.807, 2.05) is 24.3 Å². The molecule has 2 aromatic carbocycles. The monoisotopic (exact) mass is 331 g/mol. The molecule has 0 radical (unpaired) electrons. The van der Waals surface area contributed by atoms with E-state index in [1.165, 1.54) is 6.07 Å². The molecule has 1 N–H and O–H groups in total. The van der Waals surface area contributed by atoms with E-state index in [-0.39, 0.29) is 5.56 Å². The highest BCUT2D eigenvalue weighted by Gasteiger charge is 2.18. The molecule has 2 nitrogen and oxygen atoms in total. The quantitative estimate of drug-likeness (QED) is 0.762. The van der Waals surface area contributed by atoms with Crippen molar-refractivity contribution in [3.63, 3.8) is 0 Å². The minimum Gasteiger partial charge on any atom is -0.383 e. The standard InChI is InChI=1S/C16H11BrFNO/c17-11-5-6-15(18)13(7-11)16(20)14-9-19-8-10-3-1-2-4-12(10)14/h1-9,16,20H. The summed E-state index contributed by atoms with van der Waals surface area (Å²) >= 11 is 3.29. The zero-order valence-electron chi connectivity index (χ0n) is 10.4. The minimum absolute atomic E-state index is 0.234. The summed E-state index contributed by atoms with van der Waals surface area (Å²) in [5.41, 5.74) is 0.831. The normalized spacial score (nSPS) is 12.6. The molecule has 100 valence electrons. The summed E-state index contributed by atoms with van der Waals surface area (Å²) in [4.78, 5) is 4.12. The summed E-state index contributed by atoms with van der Waals surface area (Å²) in [5.74, 6) is -0.436. The first-order chi connectivity index (χ1) is 9.66. The van der Waals surface area contributed by atoms with Crippen LogP contribution in [0.4, 0.5) is 4.39 Å². The molecule has 3 rings (SSSR count). The second-order valence-electron chi connectivity index (χ2n) is 4.52. The molecule has 0 amide bonds. The van der Waals surface area contributed by atoms with E-state index < -0.39 is 11.9 Å². The van der Waals surface area contributed by atoms with Crippen molar-refractivity contribution in [2.75, 3.05) is 0 Å². The Hall–Kier alpha value is -1.78. The van der Waals surface area contributed by atoms with Gasteiger partial charge in [0.25, 0.3) is 0 Å². The van der Waals surface area contributed by atoms with Crippen LogP contribution in [0.3, 0.4) is 0 Å². The fourth-order valence-electron chi connectivity index (χ4n) is 2.25. The van der Waals surface area contributed by atoms with Gasteiger partial charge in [0, 0.05) is 33.4 Å². The highest BCUT2D eigenvalue weighted by atomic mass is 79.9. The number of rotatable bonds is 2. The molecule has 0 spiro atoms. The minimum atomic E-state index is -1.05. The Balaban J connectivity index is 2.17. The molecule has 0 bridgehead atoms. The smallest absolute Gasteiger partial charge is 0.129 e. The Bertz CT molecular complexity index is 770. The summed E-state index contributed by atoms with van der Waals surface area (Å²) in [7, 11) is 0. The number of halogens is 2. The molecular weight excluding hydrogens is 321 g/mol. The van der Waals surface area contributed by atoms with Crippen molar-refractivity contribution in [2.24, 2.45) is 0 Å². The molecule has 1 aromatic heterocycles. The number of aliphatic hydroxyl groups is 1. The van der Waals surface area contributed by atoms with Gasteiger partial charge in [0.05, 0.1) is 0 Å². The van der Waals surface area contributed by atoms with Crippen molar-refractivity contribution in [1.29, 1.82) is 0 Å². The molecule has 4 heteroatoms. The molecule has 0 saturated carbocycles. The summed E-state index contributed by atoms with van der Waals surface area (Å²) < 4.78 is 14.6. The number of aromatic nitrogens is 1. The molecule has 0 aliphatic rings. The third kappa shape index (κ3) is 2.32.